The Bertz CT molecular complexity index is 640. The van der Waals surface area contributed by atoms with E-state index in [4.69, 9.17) is 11.6 Å². The number of hydrogen-bond acceptors (Lipinski definition) is 1. The lowest BCUT2D eigenvalue weighted by atomic mass is 10.1. The molecule has 0 aliphatic rings. The second-order valence-electron chi connectivity index (χ2n) is 4.38. The summed E-state index contributed by atoms with van der Waals surface area (Å²) in [4.78, 5) is 12.1. The molecule has 0 saturated carbocycles. The van der Waals surface area contributed by atoms with Crippen LogP contribution in [0.5, 0.6) is 0 Å². The van der Waals surface area contributed by atoms with Crippen LogP contribution < -0.4 is 5.32 Å². The van der Waals surface area contributed by atoms with Gasteiger partial charge < -0.3 is 5.32 Å². The van der Waals surface area contributed by atoms with E-state index in [2.05, 4.69) is 27.9 Å². The Morgan fingerprint density at radius 2 is 1.84 bits per heavy atom. The zero-order valence-corrected chi connectivity index (χ0v) is 13.5. The smallest absolute Gasteiger partial charge is 0.255 e. The van der Waals surface area contributed by atoms with Gasteiger partial charge in [-0.3, -0.25) is 4.79 Å². The van der Waals surface area contributed by atoms with Gasteiger partial charge in [-0.2, -0.15) is 0 Å². The third-order valence-electron chi connectivity index (χ3n) is 2.85. The number of carbonyl (C=O) groups excluding carboxylic acids is 1. The highest BCUT2D eigenvalue weighted by Crippen LogP contribution is 2.20. The van der Waals surface area contributed by atoms with Crippen molar-refractivity contribution in [2.75, 3.05) is 5.32 Å². The number of carbonyl (C=O) groups is 1. The predicted molar refractivity (Wildman–Crippen MR) is 88.0 cm³/mol. The molecule has 0 saturated heterocycles. The van der Waals surface area contributed by atoms with Crippen molar-refractivity contribution >= 4 is 45.8 Å². The molecule has 2 nitrogen and oxygen atoms in total. The van der Waals surface area contributed by atoms with Crippen LogP contribution in [0, 0.1) is 17.4 Å². The molecule has 2 rings (SSSR count). The summed E-state index contributed by atoms with van der Waals surface area (Å²) in [6.07, 6.45) is 0. The summed E-state index contributed by atoms with van der Waals surface area (Å²) in [7, 11) is 0. The number of benzene rings is 2. The molecular weight excluding hydrogens is 373 g/mol. The number of rotatable bonds is 2. The van der Waals surface area contributed by atoms with Crippen molar-refractivity contribution in [2.24, 2.45) is 0 Å². The molecule has 0 aromatic heterocycles. The van der Waals surface area contributed by atoms with E-state index in [1.165, 1.54) is 3.57 Å². The Labute approximate surface area is 131 Å². The molecule has 0 fully saturated rings. The van der Waals surface area contributed by atoms with Gasteiger partial charge in [-0.25, -0.2) is 0 Å². The molecule has 2 aromatic rings. The van der Waals surface area contributed by atoms with Crippen LogP contribution in [-0.2, 0) is 0 Å². The van der Waals surface area contributed by atoms with Crippen LogP contribution in [0.4, 0.5) is 5.69 Å². The first kappa shape index (κ1) is 14.3. The SMILES string of the molecule is Cc1ccc(C(=O)Nc2ccc(I)c(C)c2)cc1Cl. The minimum Gasteiger partial charge on any atom is -0.322 e. The number of nitrogens with one attached hydrogen (secondary N) is 1. The van der Waals surface area contributed by atoms with Gasteiger partial charge in [-0.05, 0) is 77.9 Å². The van der Waals surface area contributed by atoms with Crippen molar-refractivity contribution in [1.82, 2.24) is 0 Å². The van der Waals surface area contributed by atoms with Gasteiger partial charge in [0.2, 0.25) is 0 Å². The first-order valence-corrected chi connectivity index (χ1v) is 7.26. The van der Waals surface area contributed by atoms with E-state index in [0.717, 1.165) is 16.8 Å². The van der Waals surface area contributed by atoms with Gasteiger partial charge in [0.15, 0.2) is 0 Å². The zero-order valence-electron chi connectivity index (χ0n) is 10.6. The highest BCUT2D eigenvalue weighted by molar-refractivity contribution is 14.1. The monoisotopic (exact) mass is 385 g/mol. The van der Waals surface area contributed by atoms with E-state index >= 15 is 0 Å². The van der Waals surface area contributed by atoms with Crippen molar-refractivity contribution < 1.29 is 4.79 Å². The normalized spacial score (nSPS) is 10.3. The van der Waals surface area contributed by atoms with Gasteiger partial charge in [0.1, 0.15) is 0 Å². The zero-order chi connectivity index (χ0) is 14.0. The van der Waals surface area contributed by atoms with Crippen molar-refractivity contribution in [3.8, 4) is 0 Å². The molecule has 4 heteroatoms. The fraction of sp³-hybridized carbons (Fsp3) is 0.133. The second-order valence-corrected chi connectivity index (χ2v) is 5.95. The van der Waals surface area contributed by atoms with E-state index in [9.17, 15) is 4.79 Å². The summed E-state index contributed by atoms with van der Waals surface area (Å²) in [5, 5.41) is 3.48. The van der Waals surface area contributed by atoms with Crippen molar-refractivity contribution in [3.05, 3.63) is 61.7 Å². The first-order valence-electron chi connectivity index (χ1n) is 5.81. The van der Waals surface area contributed by atoms with Crippen LogP contribution in [0.1, 0.15) is 21.5 Å². The molecule has 19 heavy (non-hydrogen) atoms. The Hall–Kier alpha value is -1.07. The topological polar surface area (TPSA) is 29.1 Å². The fourth-order valence-electron chi connectivity index (χ4n) is 1.66. The summed E-state index contributed by atoms with van der Waals surface area (Å²) in [5.74, 6) is -0.150. The maximum absolute atomic E-state index is 12.1. The molecule has 98 valence electrons. The van der Waals surface area contributed by atoms with E-state index in [-0.39, 0.29) is 5.91 Å². The molecule has 1 amide bonds. The van der Waals surface area contributed by atoms with E-state index < -0.39 is 0 Å². The molecule has 1 N–H and O–H groups in total. The van der Waals surface area contributed by atoms with Crippen LogP contribution in [0.25, 0.3) is 0 Å². The van der Waals surface area contributed by atoms with Gasteiger partial charge >= 0.3 is 0 Å². The molecule has 0 radical (unpaired) electrons. The fourth-order valence-corrected chi connectivity index (χ4v) is 2.18. The van der Waals surface area contributed by atoms with Gasteiger partial charge in [0, 0.05) is 19.8 Å². The molecule has 0 unspecified atom stereocenters. The molecule has 0 atom stereocenters. The van der Waals surface area contributed by atoms with Crippen molar-refractivity contribution in [3.63, 3.8) is 0 Å². The van der Waals surface area contributed by atoms with Crippen LogP contribution in [0.2, 0.25) is 5.02 Å². The van der Waals surface area contributed by atoms with Crippen LogP contribution >= 0.6 is 34.2 Å². The minimum absolute atomic E-state index is 0.150. The van der Waals surface area contributed by atoms with Crippen molar-refractivity contribution in [1.29, 1.82) is 0 Å². The van der Waals surface area contributed by atoms with Crippen LogP contribution in [-0.4, -0.2) is 5.91 Å². The van der Waals surface area contributed by atoms with E-state index in [0.29, 0.717) is 10.6 Å². The number of anilines is 1. The summed E-state index contributed by atoms with van der Waals surface area (Å²) in [6, 6.07) is 11.1. The Kier molecular flexibility index (Phi) is 4.47. The van der Waals surface area contributed by atoms with Gasteiger partial charge in [-0.15, -0.1) is 0 Å². The molecule has 0 aliphatic carbocycles. The van der Waals surface area contributed by atoms with E-state index in [1.807, 2.05) is 38.1 Å². The van der Waals surface area contributed by atoms with E-state index in [1.54, 1.807) is 12.1 Å². The minimum atomic E-state index is -0.150. The molecule has 0 spiro atoms. The largest absolute Gasteiger partial charge is 0.322 e. The summed E-state index contributed by atoms with van der Waals surface area (Å²) in [6.45, 7) is 3.92. The summed E-state index contributed by atoms with van der Waals surface area (Å²) >= 11 is 8.29. The van der Waals surface area contributed by atoms with Crippen LogP contribution in [0.15, 0.2) is 36.4 Å². The van der Waals surface area contributed by atoms with Gasteiger partial charge in [0.05, 0.1) is 0 Å². The Morgan fingerprint density at radius 1 is 1.11 bits per heavy atom. The molecule has 0 bridgehead atoms. The lowest BCUT2D eigenvalue weighted by Crippen LogP contribution is -2.12. The molecule has 0 heterocycles. The summed E-state index contributed by atoms with van der Waals surface area (Å²) < 4.78 is 1.17. The lowest BCUT2D eigenvalue weighted by Gasteiger charge is -2.08. The summed E-state index contributed by atoms with van der Waals surface area (Å²) in [5.41, 5.74) is 3.45. The number of aryl methyl sites for hydroxylation is 2. The second kappa shape index (κ2) is 5.92. The molecule has 0 aliphatic heterocycles. The van der Waals surface area contributed by atoms with Gasteiger partial charge in [0.25, 0.3) is 5.91 Å². The number of amides is 1. The predicted octanol–water partition coefficient (Wildman–Crippen LogP) is 4.81. The van der Waals surface area contributed by atoms with Crippen molar-refractivity contribution in [2.45, 2.75) is 13.8 Å². The molecule has 2 aromatic carbocycles. The third kappa shape index (κ3) is 3.48. The van der Waals surface area contributed by atoms with Gasteiger partial charge in [-0.1, -0.05) is 17.7 Å². The Morgan fingerprint density at radius 3 is 2.47 bits per heavy atom. The Balaban J connectivity index is 2.20. The number of hydrogen-bond donors (Lipinski definition) is 1. The molecular formula is C15H13ClINO. The standard InChI is InChI=1S/C15H13ClINO/c1-9-3-4-11(8-13(9)16)15(19)18-12-5-6-14(17)10(2)7-12/h3-8H,1-2H3,(H,18,19). The highest BCUT2D eigenvalue weighted by atomic mass is 127. The average Bonchev–Trinajstić information content (AvgIpc) is 2.37. The first-order chi connectivity index (χ1) is 8.97. The average molecular weight is 386 g/mol. The van der Waals surface area contributed by atoms with Crippen LogP contribution in [0.3, 0.4) is 0 Å². The quantitative estimate of drug-likeness (QED) is 0.738. The highest BCUT2D eigenvalue weighted by Gasteiger charge is 2.08. The maximum atomic E-state index is 12.1. The number of halogens is 2. The lowest BCUT2D eigenvalue weighted by molar-refractivity contribution is 0.102. The third-order valence-corrected chi connectivity index (χ3v) is 4.47. The maximum Gasteiger partial charge on any atom is 0.255 e.